The summed E-state index contributed by atoms with van der Waals surface area (Å²) in [6, 6.07) is 20.0. The van der Waals surface area contributed by atoms with Crippen molar-refractivity contribution in [1.82, 2.24) is 4.98 Å². The van der Waals surface area contributed by atoms with Crippen molar-refractivity contribution in [3.8, 4) is 11.3 Å². The van der Waals surface area contributed by atoms with Gasteiger partial charge in [0.15, 0.2) is 5.76 Å². The smallest absolute Gasteiger partial charge is 0.291 e. The number of nitrogens with one attached hydrogen (secondary N) is 2. The van der Waals surface area contributed by atoms with Crippen LogP contribution >= 0.6 is 23.2 Å². The number of halogens is 2. The van der Waals surface area contributed by atoms with Gasteiger partial charge in [-0.15, -0.1) is 0 Å². The van der Waals surface area contributed by atoms with E-state index < -0.39 is 11.8 Å². The molecule has 0 bridgehead atoms. The van der Waals surface area contributed by atoms with E-state index in [1.165, 1.54) is 6.07 Å². The van der Waals surface area contributed by atoms with Crippen LogP contribution in [-0.2, 0) is 0 Å². The Morgan fingerprint density at radius 1 is 0.839 bits per heavy atom. The van der Waals surface area contributed by atoms with Gasteiger partial charge in [0.25, 0.3) is 11.8 Å². The Hall–Kier alpha value is -3.61. The van der Waals surface area contributed by atoms with Gasteiger partial charge in [-0.2, -0.15) is 0 Å². The molecule has 0 fully saturated rings. The number of carbonyl (C=O) groups excluding carboxylic acids is 2. The third-order valence-corrected chi connectivity index (χ3v) is 4.91. The lowest BCUT2D eigenvalue weighted by atomic mass is 10.1. The lowest BCUT2D eigenvalue weighted by molar-refractivity contribution is 0.0997. The van der Waals surface area contributed by atoms with Gasteiger partial charge in [0.1, 0.15) is 11.6 Å². The summed E-state index contributed by atoms with van der Waals surface area (Å²) in [6.07, 6.45) is 1.57. The van der Waals surface area contributed by atoms with Crippen LogP contribution < -0.4 is 10.6 Å². The molecule has 2 N–H and O–H groups in total. The Morgan fingerprint density at radius 3 is 2.45 bits per heavy atom. The van der Waals surface area contributed by atoms with E-state index >= 15 is 0 Å². The topological polar surface area (TPSA) is 84.2 Å². The van der Waals surface area contributed by atoms with Crippen LogP contribution in [0.4, 0.5) is 11.5 Å². The zero-order valence-electron chi connectivity index (χ0n) is 15.9. The zero-order chi connectivity index (χ0) is 21.8. The summed E-state index contributed by atoms with van der Waals surface area (Å²) >= 11 is 12.2. The molecule has 4 aromatic rings. The molecule has 0 spiro atoms. The van der Waals surface area contributed by atoms with Crippen LogP contribution in [0.3, 0.4) is 0 Å². The molecule has 2 amide bonds. The summed E-state index contributed by atoms with van der Waals surface area (Å²) in [7, 11) is 0. The van der Waals surface area contributed by atoms with Crippen molar-refractivity contribution in [2.24, 2.45) is 0 Å². The van der Waals surface area contributed by atoms with Crippen LogP contribution in [0, 0.1) is 0 Å². The highest BCUT2D eigenvalue weighted by atomic mass is 35.5. The van der Waals surface area contributed by atoms with Gasteiger partial charge in [-0.25, -0.2) is 4.98 Å². The van der Waals surface area contributed by atoms with Crippen LogP contribution in [0.15, 0.2) is 83.4 Å². The number of carbonyl (C=O) groups is 2. The Bertz CT molecular complexity index is 1260. The largest absolute Gasteiger partial charge is 0.451 e. The molecule has 0 unspecified atom stereocenters. The minimum absolute atomic E-state index is 0.0611. The summed E-state index contributed by atoms with van der Waals surface area (Å²) in [4.78, 5) is 29.5. The van der Waals surface area contributed by atoms with Crippen LogP contribution in [0.5, 0.6) is 0 Å². The molecule has 31 heavy (non-hydrogen) atoms. The van der Waals surface area contributed by atoms with Gasteiger partial charge < -0.3 is 15.1 Å². The molecule has 2 aromatic carbocycles. The maximum Gasteiger partial charge on any atom is 0.291 e. The lowest BCUT2D eigenvalue weighted by Crippen LogP contribution is -2.18. The number of pyridine rings is 1. The molecule has 0 aliphatic heterocycles. The number of rotatable bonds is 5. The normalized spacial score (nSPS) is 10.5. The first-order valence-electron chi connectivity index (χ1n) is 9.19. The summed E-state index contributed by atoms with van der Waals surface area (Å²) < 4.78 is 5.67. The fourth-order valence-electron chi connectivity index (χ4n) is 2.89. The number of benzene rings is 2. The molecule has 8 heteroatoms. The van der Waals surface area contributed by atoms with Gasteiger partial charge in [0.2, 0.25) is 0 Å². The molecule has 2 heterocycles. The second-order valence-corrected chi connectivity index (χ2v) is 7.30. The molecular weight excluding hydrogens is 437 g/mol. The van der Waals surface area contributed by atoms with Crippen molar-refractivity contribution in [2.45, 2.75) is 0 Å². The first-order valence-corrected chi connectivity index (χ1v) is 9.95. The van der Waals surface area contributed by atoms with Gasteiger partial charge in [0, 0.05) is 16.8 Å². The van der Waals surface area contributed by atoms with E-state index in [0.29, 0.717) is 32.9 Å². The Kier molecular flexibility index (Phi) is 6.02. The molecule has 0 atom stereocenters. The third-order valence-electron chi connectivity index (χ3n) is 4.35. The minimum Gasteiger partial charge on any atom is -0.451 e. The van der Waals surface area contributed by atoms with Crippen molar-refractivity contribution in [2.75, 3.05) is 10.6 Å². The summed E-state index contributed by atoms with van der Waals surface area (Å²) in [6.45, 7) is 0. The van der Waals surface area contributed by atoms with E-state index in [2.05, 4.69) is 15.6 Å². The molecule has 4 rings (SSSR count). The average molecular weight is 452 g/mol. The van der Waals surface area contributed by atoms with E-state index in [1.807, 2.05) is 0 Å². The van der Waals surface area contributed by atoms with Crippen LogP contribution in [0.2, 0.25) is 10.0 Å². The maximum absolute atomic E-state index is 12.7. The number of amides is 2. The number of furan rings is 1. The summed E-state index contributed by atoms with van der Waals surface area (Å²) in [5.41, 5.74) is 1.19. The monoisotopic (exact) mass is 451 g/mol. The molecule has 0 aliphatic rings. The van der Waals surface area contributed by atoms with E-state index in [-0.39, 0.29) is 11.3 Å². The van der Waals surface area contributed by atoms with Crippen LogP contribution in [0.25, 0.3) is 11.3 Å². The molecule has 154 valence electrons. The van der Waals surface area contributed by atoms with E-state index in [0.717, 1.165) is 0 Å². The highest BCUT2D eigenvalue weighted by Gasteiger charge is 2.18. The van der Waals surface area contributed by atoms with Gasteiger partial charge >= 0.3 is 0 Å². The SMILES string of the molecule is O=C(Nc1ccccc1C(=O)Nc1ccccn1)c1ccc(-c2cc(Cl)ccc2Cl)o1. The minimum atomic E-state index is -0.512. The van der Waals surface area contributed by atoms with E-state index in [9.17, 15) is 9.59 Å². The third kappa shape index (κ3) is 4.77. The average Bonchev–Trinajstić information content (AvgIpc) is 3.27. The molecular formula is C23H15Cl2N3O3. The van der Waals surface area contributed by atoms with Crippen molar-refractivity contribution in [3.63, 3.8) is 0 Å². The van der Waals surface area contributed by atoms with Gasteiger partial charge in [-0.3, -0.25) is 9.59 Å². The van der Waals surface area contributed by atoms with Gasteiger partial charge in [-0.05, 0) is 54.6 Å². The number of nitrogens with zero attached hydrogens (tertiary/aromatic N) is 1. The van der Waals surface area contributed by atoms with Crippen molar-refractivity contribution >= 4 is 46.5 Å². The number of anilines is 2. The van der Waals surface area contributed by atoms with E-state index in [1.54, 1.807) is 72.9 Å². The Balaban J connectivity index is 1.54. The molecule has 0 radical (unpaired) electrons. The van der Waals surface area contributed by atoms with Crippen molar-refractivity contribution < 1.29 is 14.0 Å². The number of hydrogen-bond acceptors (Lipinski definition) is 4. The zero-order valence-corrected chi connectivity index (χ0v) is 17.4. The molecule has 0 aliphatic carbocycles. The molecule has 0 saturated carbocycles. The highest BCUT2D eigenvalue weighted by molar-refractivity contribution is 6.35. The van der Waals surface area contributed by atoms with Gasteiger partial charge in [0.05, 0.1) is 16.3 Å². The molecule has 6 nitrogen and oxygen atoms in total. The van der Waals surface area contributed by atoms with Crippen molar-refractivity contribution in [3.05, 3.63) is 100 Å². The lowest BCUT2D eigenvalue weighted by Gasteiger charge is -2.10. The summed E-state index contributed by atoms with van der Waals surface area (Å²) in [5, 5.41) is 6.35. The highest BCUT2D eigenvalue weighted by Crippen LogP contribution is 2.32. The first kappa shape index (κ1) is 20.7. The number of hydrogen-bond donors (Lipinski definition) is 2. The second-order valence-electron chi connectivity index (χ2n) is 6.46. The quantitative estimate of drug-likeness (QED) is 0.380. The van der Waals surface area contributed by atoms with Crippen LogP contribution in [-0.4, -0.2) is 16.8 Å². The van der Waals surface area contributed by atoms with Crippen LogP contribution in [0.1, 0.15) is 20.9 Å². The molecule has 0 saturated heterocycles. The van der Waals surface area contributed by atoms with Crippen molar-refractivity contribution in [1.29, 1.82) is 0 Å². The predicted molar refractivity (Wildman–Crippen MR) is 121 cm³/mol. The Labute approximate surface area is 187 Å². The fourth-order valence-corrected chi connectivity index (χ4v) is 3.27. The summed E-state index contributed by atoms with van der Waals surface area (Å²) in [5.74, 6) is -0.0459. The number of aromatic nitrogens is 1. The predicted octanol–water partition coefficient (Wildman–Crippen LogP) is 6.15. The second kappa shape index (κ2) is 9.04. The van der Waals surface area contributed by atoms with E-state index in [4.69, 9.17) is 27.6 Å². The first-order chi connectivity index (χ1) is 15.0. The number of para-hydroxylation sites is 1. The molecule has 2 aromatic heterocycles. The maximum atomic E-state index is 12.7. The Morgan fingerprint density at radius 2 is 1.65 bits per heavy atom. The fraction of sp³-hybridized carbons (Fsp3) is 0. The van der Waals surface area contributed by atoms with Gasteiger partial charge in [-0.1, -0.05) is 41.4 Å². The standard InChI is InChI=1S/C23H15Cl2N3O3/c24-14-8-9-17(25)16(13-14)19-10-11-20(31-19)23(30)27-18-6-2-1-5-15(18)22(29)28-21-7-3-4-12-26-21/h1-13H,(H,27,30)(H,26,28,29).